The van der Waals surface area contributed by atoms with Gasteiger partial charge >= 0.3 is 0 Å². The van der Waals surface area contributed by atoms with E-state index in [1.807, 2.05) is 0 Å². The lowest BCUT2D eigenvalue weighted by Crippen LogP contribution is -2.49. The third kappa shape index (κ3) is 4.17. The van der Waals surface area contributed by atoms with E-state index < -0.39 is 10.0 Å². The fourth-order valence-electron chi connectivity index (χ4n) is 3.94. The van der Waals surface area contributed by atoms with E-state index in [1.165, 1.54) is 21.3 Å². The largest absolute Gasteiger partial charge is 0.482 e. The summed E-state index contributed by atoms with van der Waals surface area (Å²) in [5.74, 6) is 0.339. The van der Waals surface area contributed by atoms with Gasteiger partial charge < -0.3 is 14.4 Å². The van der Waals surface area contributed by atoms with Gasteiger partial charge in [0.25, 0.3) is 5.91 Å². The number of fused-ring (bicyclic) bond motifs is 1. The summed E-state index contributed by atoms with van der Waals surface area (Å²) in [6.45, 7) is 4.64. The Morgan fingerprint density at radius 1 is 1.13 bits per heavy atom. The average molecular weight is 438 g/mol. The highest BCUT2D eigenvalue weighted by Gasteiger charge is 2.33. The van der Waals surface area contributed by atoms with Crippen molar-refractivity contribution < 1.29 is 27.5 Å². The van der Waals surface area contributed by atoms with E-state index in [0.717, 1.165) is 12.8 Å². The topological polar surface area (TPSA) is 96.5 Å². The zero-order valence-corrected chi connectivity index (χ0v) is 17.9. The van der Waals surface area contributed by atoms with Crippen molar-refractivity contribution >= 4 is 27.5 Å². The number of hydrogen-bond donors (Lipinski definition) is 0. The minimum Gasteiger partial charge on any atom is -0.482 e. The summed E-state index contributed by atoms with van der Waals surface area (Å²) in [7, 11) is -3.68. The average Bonchev–Trinajstić information content (AvgIpc) is 2.76. The fraction of sp³-hybridized carbons (Fsp3) is 0.600. The van der Waals surface area contributed by atoms with Crippen molar-refractivity contribution in [1.82, 2.24) is 9.21 Å². The van der Waals surface area contributed by atoms with Crippen LogP contribution in [0.5, 0.6) is 5.75 Å². The molecule has 164 valence electrons. The molecule has 0 unspecified atom stereocenters. The first-order chi connectivity index (χ1) is 14.4. The number of rotatable bonds is 4. The number of sulfonamides is 1. The molecule has 0 radical (unpaired) electrons. The van der Waals surface area contributed by atoms with Gasteiger partial charge in [0.05, 0.1) is 23.8 Å². The number of amides is 2. The summed E-state index contributed by atoms with van der Waals surface area (Å²) in [6, 6.07) is 4.52. The summed E-state index contributed by atoms with van der Waals surface area (Å²) >= 11 is 0. The summed E-state index contributed by atoms with van der Waals surface area (Å²) in [4.78, 5) is 28.3. The second kappa shape index (κ2) is 8.52. The Morgan fingerprint density at radius 2 is 1.83 bits per heavy atom. The van der Waals surface area contributed by atoms with Crippen LogP contribution in [0.1, 0.15) is 19.8 Å². The van der Waals surface area contributed by atoms with Crippen molar-refractivity contribution in [3.8, 4) is 5.75 Å². The van der Waals surface area contributed by atoms with Gasteiger partial charge in [0.2, 0.25) is 15.9 Å². The lowest BCUT2D eigenvalue weighted by Gasteiger charge is -2.33. The fourth-order valence-corrected chi connectivity index (χ4v) is 5.43. The SMILES string of the molecule is CC1CCN(S(=O)(=O)c2ccc3c(c2)N(CC(=O)N2CCOCC2)C(=O)CO3)CC1. The Balaban J connectivity index is 1.59. The molecule has 3 aliphatic rings. The molecule has 0 aromatic heterocycles. The second-order valence-corrected chi connectivity index (χ2v) is 9.92. The monoisotopic (exact) mass is 437 g/mol. The van der Waals surface area contributed by atoms with Gasteiger partial charge in [-0.1, -0.05) is 6.92 Å². The van der Waals surface area contributed by atoms with Crippen LogP contribution in [0.3, 0.4) is 0 Å². The van der Waals surface area contributed by atoms with Crippen LogP contribution in [0.2, 0.25) is 0 Å². The summed E-state index contributed by atoms with van der Waals surface area (Å²) in [5.41, 5.74) is 0.319. The predicted molar refractivity (Wildman–Crippen MR) is 109 cm³/mol. The molecule has 0 aliphatic carbocycles. The van der Waals surface area contributed by atoms with Gasteiger partial charge in [0.1, 0.15) is 12.3 Å². The number of benzene rings is 1. The van der Waals surface area contributed by atoms with Crippen molar-refractivity contribution in [3.05, 3.63) is 18.2 Å². The molecular formula is C20H27N3O6S. The molecule has 3 aliphatic heterocycles. The number of anilines is 1. The van der Waals surface area contributed by atoms with Gasteiger partial charge in [0, 0.05) is 26.2 Å². The Kier molecular flexibility index (Phi) is 5.99. The van der Waals surface area contributed by atoms with Crippen molar-refractivity contribution in [2.75, 3.05) is 57.4 Å². The highest BCUT2D eigenvalue weighted by Crippen LogP contribution is 2.35. The molecule has 3 heterocycles. The molecule has 10 heteroatoms. The number of hydrogen-bond acceptors (Lipinski definition) is 6. The first-order valence-corrected chi connectivity index (χ1v) is 11.7. The van der Waals surface area contributed by atoms with Crippen molar-refractivity contribution in [1.29, 1.82) is 0 Å². The zero-order chi connectivity index (χ0) is 21.3. The van der Waals surface area contributed by atoms with E-state index in [9.17, 15) is 18.0 Å². The first-order valence-electron chi connectivity index (χ1n) is 10.3. The summed E-state index contributed by atoms with van der Waals surface area (Å²) in [5, 5.41) is 0. The van der Waals surface area contributed by atoms with Crippen molar-refractivity contribution in [3.63, 3.8) is 0 Å². The minimum absolute atomic E-state index is 0.109. The van der Waals surface area contributed by atoms with Crippen LogP contribution in [0.25, 0.3) is 0 Å². The third-order valence-corrected chi connectivity index (χ3v) is 7.81. The van der Waals surface area contributed by atoms with E-state index in [1.54, 1.807) is 11.0 Å². The number of morpholine rings is 1. The Bertz CT molecular complexity index is 920. The van der Waals surface area contributed by atoms with Crippen molar-refractivity contribution in [2.24, 2.45) is 5.92 Å². The highest BCUT2D eigenvalue weighted by molar-refractivity contribution is 7.89. The smallest absolute Gasteiger partial charge is 0.265 e. The Labute approximate surface area is 176 Å². The number of carbonyl (C=O) groups is 2. The van der Waals surface area contributed by atoms with Gasteiger partial charge in [0.15, 0.2) is 6.61 Å². The molecule has 0 N–H and O–H groups in total. The van der Waals surface area contributed by atoms with Crippen LogP contribution < -0.4 is 9.64 Å². The number of ether oxygens (including phenoxy) is 2. The molecule has 0 bridgehead atoms. The van der Waals surface area contributed by atoms with E-state index in [0.29, 0.717) is 56.7 Å². The molecular weight excluding hydrogens is 410 g/mol. The standard InChI is InChI=1S/C20H27N3O6S/c1-15-4-6-22(7-5-15)30(26,27)16-2-3-18-17(12-16)23(20(25)14-29-18)13-19(24)21-8-10-28-11-9-21/h2-3,12,15H,4-11,13-14H2,1H3. The molecule has 30 heavy (non-hydrogen) atoms. The molecule has 1 aromatic rings. The van der Waals surface area contributed by atoms with Gasteiger partial charge in [-0.3, -0.25) is 14.5 Å². The summed E-state index contributed by atoms with van der Waals surface area (Å²) in [6.07, 6.45) is 1.65. The number of carbonyl (C=O) groups excluding carboxylic acids is 2. The van der Waals surface area contributed by atoms with Gasteiger partial charge in [-0.05, 0) is 37.0 Å². The molecule has 0 saturated carbocycles. The molecule has 2 fully saturated rings. The second-order valence-electron chi connectivity index (χ2n) is 7.98. The summed E-state index contributed by atoms with van der Waals surface area (Å²) < 4.78 is 38.5. The quantitative estimate of drug-likeness (QED) is 0.688. The van der Waals surface area contributed by atoms with Crippen LogP contribution in [0.4, 0.5) is 5.69 Å². The van der Waals surface area contributed by atoms with Crippen LogP contribution >= 0.6 is 0 Å². The third-order valence-electron chi connectivity index (χ3n) is 5.91. The minimum atomic E-state index is -3.68. The molecule has 0 atom stereocenters. The van der Waals surface area contributed by atoms with Crippen LogP contribution in [0.15, 0.2) is 23.1 Å². The Morgan fingerprint density at radius 3 is 2.53 bits per heavy atom. The van der Waals surface area contributed by atoms with E-state index in [2.05, 4.69) is 6.92 Å². The highest BCUT2D eigenvalue weighted by atomic mass is 32.2. The molecule has 2 amide bonds. The number of nitrogens with zero attached hydrogens (tertiary/aromatic N) is 3. The molecule has 0 spiro atoms. The lowest BCUT2D eigenvalue weighted by atomic mass is 10.0. The number of piperidine rings is 1. The van der Waals surface area contributed by atoms with Crippen LogP contribution in [-0.2, 0) is 24.3 Å². The maximum absolute atomic E-state index is 13.1. The normalized spacial score (nSPS) is 21.3. The van der Waals surface area contributed by atoms with Crippen LogP contribution in [-0.4, -0.2) is 82.0 Å². The molecule has 1 aromatic carbocycles. The maximum atomic E-state index is 13.1. The molecule has 4 rings (SSSR count). The van der Waals surface area contributed by atoms with Gasteiger partial charge in [-0.15, -0.1) is 0 Å². The van der Waals surface area contributed by atoms with Gasteiger partial charge in [-0.2, -0.15) is 4.31 Å². The van der Waals surface area contributed by atoms with Crippen LogP contribution in [0, 0.1) is 5.92 Å². The van der Waals surface area contributed by atoms with Crippen molar-refractivity contribution in [2.45, 2.75) is 24.7 Å². The maximum Gasteiger partial charge on any atom is 0.265 e. The first kappa shape index (κ1) is 21.1. The van der Waals surface area contributed by atoms with E-state index in [4.69, 9.17) is 9.47 Å². The molecule has 2 saturated heterocycles. The molecule has 9 nitrogen and oxygen atoms in total. The zero-order valence-electron chi connectivity index (χ0n) is 17.1. The Hall–Kier alpha value is -2.17. The van der Waals surface area contributed by atoms with E-state index >= 15 is 0 Å². The lowest BCUT2D eigenvalue weighted by molar-refractivity contribution is -0.135. The predicted octanol–water partition coefficient (Wildman–Crippen LogP) is 0.691. The van der Waals surface area contributed by atoms with E-state index in [-0.39, 0.29) is 29.9 Å². The van der Waals surface area contributed by atoms with Gasteiger partial charge in [-0.25, -0.2) is 8.42 Å².